The molecular weight excluding hydrogens is 314 g/mol. The maximum Gasteiger partial charge on any atom is 0.387 e. The lowest BCUT2D eigenvalue weighted by Crippen LogP contribution is -2.10. The number of aromatic carboxylic acids is 1. The number of carbonyl (C=O) groups is 2. The predicted molar refractivity (Wildman–Crippen MR) is 62.4 cm³/mol. The van der Waals surface area contributed by atoms with Crippen LogP contribution in [0.15, 0.2) is 18.2 Å². The molecule has 1 aromatic rings. The number of carboxylic acid groups (broad SMARTS) is 1. The van der Waals surface area contributed by atoms with Crippen LogP contribution in [0.1, 0.15) is 27.7 Å². The molecule has 0 radical (unpaired) electrons. The number of Topliss-reactive ketones (excluding diaryl/α,β-unsaturated/α-hetero) is 1. The minimum absolute atomic E-state index is 0.191. The van der Waals surface area contributed by atoms with E-state index in [1.165, 1.54) is 19.1 Å². The van der Waals surface area contributed by atoms with Crippen LogP contribution in [-0.2, 0) is 4.79 Å². The highest BCUT2D eigenvalue weighted by atomic mass is 79.9. The maximum atomic E-state index is 12.0. The number of hydrogen-bond donors (Lipinski definition) is 1. The molecule has 0 aliphatic carbocycles. The molecule has 1 aromatic carbocycles. The Kier molecular flexibility index (Phi) is 4.77. The third-order valence-corrected chi connectivity index (χ3v) is 3.25. The van der Waals surface area contributed by atoms with Gasteiger partial charge in [-0.15, -0.1) is 0 Å². The Bertz CT molecular complexity index is 476. The standard InChI is InChI=1S/C11H9BrF2O4/c1-5(15)9(12)7-3-2-6(18-11(13)14)4-8(7)10(16)17/h2-4,9,11H,1H3,(H,16,17). The lowest BCUT2D eigenvalue weighted by Gasteiger charge is -2.12. The number of carboxylic acids is 1. The number of hydrogen-bond acceptors (Lipinski definition) is 3. The van der Waals surface area contributed by atoms with Gasteiger partial charge in [-0.3, -0.25) is 4.79 Å². The maximum absolute atomic E-state index is 12.0. The van der Waals surface area contributed by atoms with Crippen molar-refractivity contribution in [1.82, 2.24) is 0 Å². The molecule has 0 saturated carbocycles. The van der Waals surface area contributed by atoms with Gasteiger partial charge in [0.1, 0.15) is 11.5 Å². The summed E-state index contributed by atoms with van der Waals surface area (Å²) in [6.45, 7) is -1.75. The summed E-state index contributed by atoms with van der Waals surface area (Å²) < 4.78 is 28.1. The summed E-state index contributed by atoms with van der Waals surface area (Å²) in [6, 6.07) is 3.41. The highest BCUT2D eigenvalue weighted by Crippen LogP contribution is 2.30. The molecule has 4 nitrogen and oxygen atoms in total. The highest BCUT2D eigenvalue weighted by Gasteiger charge is 2.21. The Morgan fingerprint density at radius 1 is 1.39 bits per heavy atom. The summed E-state index contributed by atoms with van der Waals surface area (Å²) in [5, 5.41) is 8.98. The molecule has 0 amide bonds. The predicted octanol–water partition coefficient (Wildman–Crippen LogP) is 3.01. The third-order valence-electron chi connectivity index (χ3n) is 2.11. The molecule has 0 aliphatic rings. The fourth-order valence-electron chi connectivity index (χ4n) is 1.34. The van der Waals surface area contributed by atoms with Crippen LogP contribution in [0, 0.1) is 0 Å². The van der Waals surface area contributed by atoms with Gasteiger partial charge in [0.2, 0.25) is 0 Å². The van der Waals surface area contributed by atoms with Gasteiger partial charge < -0.3 is 9.84 Å². The first-order chi connectivity index (χ1) is 8.32. The SMILES string of the molecule is CC(=O)C(Br)c1ccc(OC(F)F)cc1C(=O)O. The van der Waals surface area contributed by atoms with Crippen LogP contribution >= 0.6 is 15.9 Å². The molecule has 7 heteroatoms. The number of benzene rings is 1. The molecule has 1 unspecified atom stereocenters. The first-order valence-corrected chi connectivity index (χ1v) is 5.71. The van der Waals surface area contributed by atoms with E-state index in [1.54, 1.807) is 0 Å². The Morgan fingerprint density at radius 2 is 2.00 bits per heavy atom. The van der Waals surface area contributed by atoms with Crippen molar-refractivity contribution in [2.24, 2.45) is 0 Å². The van der Waals surface area contributed by atoms with E-state index in [0.29, 0.717) is 0 Å². The number of rotatable bonds is 5. The molecule has 0 spiro atoms. The second-order valence-electron chi connectivity index (χ2n) is 3.41. The largest absolute Gasteiger partial charge is 0.478 e. The highest BCUT2D eigenvalue weighted by molar-refractivity contribution is 9.09. The molecule has 1 N–H and O–H groups in total. The smallest absolute Gasteiger partial charge is 0.387 e. The molecule has 0 aromatic heterocycles. The molecule has 1 atom stereocenters. The molecule has 0 fully saturated rings. The average Bonchev–Trinajstić information content (AvgIpc) is 2.26. The van der Waals surface area contributed by atoms with Crippen LogP contribution < -0.4 is 4.74 Å². The second-order valence-corrected chi connectivity index (χ2v) is 4.32. The zero-order valence-electron chi connectivity index (χ0n) is 9.19. The van der Waals surface area contributed by atoms with E-state index >= 15 is 0 Å². The fourth-order valence-corrected chi connectivity index (χ4v) is 1.74. The molecule has 0 bridgehead atoms. The Labute approximate surface area is 110 Å². The van der Waals surface area contributed by atoms with Gasteiger partial charge in [-0.25, -0.2) is 4.79 Å². The summed E-state index contributed by atoms with van der Waals surface area (Å²) in [4.78, 5) is 21.4. The van der Waals surface area contributed by atoms with Crippen LogP contribution in [0.4, 0.5) is 8.78 Å². The Balaban J connectivity index is 3.20. The van der Waals surface area contributed by atoms with E-state index < -0.39 is 17.4 Å². The normalized spacial score (nSPS) is 12.3. The van der Waals surface area contributed by atoms with Crippen molar-refractivity contribution in [3.63, 3.8) is 0 Å². The van der Waals surface area contributed by atoms with Crippen molar-refractivity contribution >= 4 is 27.7 Å². The van der Waals surface area contributed by atoms with Gasteiger partial charge in [-0.2, -0.15) is 8.78 Å². The molecule has 98 valence electrons. The summed E-state index contributed by atoms with van der Waals surface area (Å²) in [6.07, 6.45) is 0. The van der Waals surface area contributed by atoms with Crippen LogP contribution in [0.2, 0.25) is 0 Å². The van der Waals surface area contributed by atoms with E-state index in [9.17, 15) is 18.4 Å². The summed E-state index contributed by atoms with van der Waals surface area (Å²) in [7, 11) is 0. The number of ketones is 1. The lowest BCUT2D eigenvalue weighted by molar-refractivity contribution is -0.116. The van der Waals surface area contributed by atoms with E-state index in [1.807, 2.05) is 0 Å². The van der Waals surface area contributed by atoms with Crippen molar-refractivity contribution in [3.05, 3.63) is 29.3 Å². The van der Waals surface area contributed by atoms with Crippen molar-refractivity contribution in [2.75, 3.05) is 0 Å². The molecule has 0 saturated heterocycles. The molecule has 0 heterocycles. The van der Waals surface area contributed by atoms with Gasteiger partial charge >= 0.3 is 12.6 Å². The summed E-state index contributed by atoms with van der Waals surface area (Å²) >= 11 is 3.04. The number of carbonyl (C=O) groups excluding carboxylic acids is 1. The van der Waals surface area contributed by atoms with Crippen molar-refractivity contribution in [3.8, 4) is 5.75 Å². The lowest BCUT2D eigenvalue weighted by atomic mass is 10.0. The fraction of sp³-hybridized carbons (Fsp3) is 0.273. The minimum atomic E-state index is -3.04. The first-order valence-electron chi connectivity index (χ1n) is 4.79. The zero-order chi connectivity index (χ0) is 13.9. The third kappa shape index (κ3) is 3.49. The molecule has 1 rings (SSSR count). The molecular formula is C11H9BrF2O4. The second kappa shape index (κ2) is 5.90. The quantitative estimate of drug-likeness (QED) is 0.846. The average molecular weight is 323 g/mol. The van der Waals surface area contributed by atoms with Crippen LogP contribution in [0.5, 0.6) is 5.75 Å². The zero-order valence-corrected chi connectivity index (χ0v) is 10.8. The van der Waals surface area contributed by atoms with Gasteiger partial charge in [0.25, 0.3) is 0 Å². The van der Waals surface area contributed by atoms with Crippen molar-refractivity contribution < 1.29 is 28.2 Å². The number of ether oxygens (including phenoxy) is 1. The van der Waals surface area contributed by atoms with Gasteiger partial charge in [-0.05, 0) is 24.6 Å². The number of alkyl halides is 3. The summed E-state index contributed by atoms with van der Waals surface area (Å²) in [5.41, 5.74) is -0.0677. The van der Waals surface area contributed by atoms with Crippen molar-refractivity contribution in [2.45, 2.75) is 18.4 Å². The topological polar surface area (TPSA) is 63.6 Å². The van der Waals surface area contributed by atoms with Crippen LogP contribution in [0.25, 0.3) is 0 Å². The molecule has 0 aliphatic heterocycles. The van der Waals surface area contributed by atoms with Crippen LogP contribution in [-0.4, -0.2) is 23.5 Å². The van der Waals surface area contributed by atoms with Gasteiger partial charge in [0, 0.05) is 0 Å². The summed E-state index contributed by atoms with van der Waals surface area (Å²) in [5.74, 6) is -1.88. The van der Waals surface area contributed by atoms with Crippen molar-refractivity contribution in [1.29, 1.82) is 0 Å². The Morgan fingerprint density at radius 3 is 2.44 bits per heavy atom. The monoisotopic (exact) mass is 322 g/mol. The Hall–Kier alpha value is -1.50. The van der Waals surface area contributed by atoms with E-state index in [-0.39, 0.29) is 22.7 Å². The minimum Gasteiger partial charge on any atom is -0.478 e. The number of halogens is 3. The first kappa shape index (κ1) is 14.6. The van der Waals surface area contributed by atoms with E-state index in [0.717, 1.165) is 6.07 Å². The van der Waals surface area contributed by atoms with Gasteiger partial charge in [-0.1, -0.05) is 22.0 Å². The van der Waals surface area contributed by atoms with E-state index in [2.05, 4.69) is 20.7 Å². The molecule has 18 heavy (non-hydrogen) atoms. The van der Waals surface area contributed by atoms with Gasteiger partial charge in [0.15, 0.2) is 0 Å². The van der Waals surface area contributed by atoms with Gasteiger partial charge in [0.05, 0.1) is 10.4 Å². The van der Waals surface area contributed by atoms with E-state index in [4.69, 9.17) is 5.11 Å². The van der Waals surface area contributed by atoms with Crippen LogP contribution in [0.3, 0.4) is 0 Å².